The van der Waals surface area contributed by atoms with Crippen LogP contribution in [0.3, 0.4) is 0 Å². The molecule has 1 aliphatic heterocycles. The highest BCUT2D eigenvalue weighted by atomic mass is 32.1. The van der Waals surface area contributed by atoms with Gasteiger partial charge < -0.3 is 15.4 Å². The maximum absolute atomic E-state index is 6.13. The van der Waals surface area contributed by atoms with Gasteiger partial charge in [-0.05, 0) is 33.6 Å². The summed E-state index contributed by atoms with van der Waals surface area (Å²) in [7, 11) is 0. The van der Waals surface area contributed by atoms with Gasteiger partial charge in [-0.3, -0.25) is 0 Å². The van der Waals surface area contributed by atoms with Gasteiger partial charge in [-0.2, -0.15) is 0 Å². The smallest absolute Gasteiger partial charge is 0.186 e. The molecule has 4 nitrogen and oxygen atoms in total. The van der Waals surface area contributed by atoms with Crippen molar-refractivity contribution in [1.29, 1.82) is 0 Å². The quantitative estimate of drug-likeness (QED) is 0.931. The SMILES string of the molecule is CC(C)c1nc(N2CC(C)(C)OC(C)(C)C2)sc1CN. The molecule has 1 aliphatic rings. The van der Waals surface area contributed by atoms with E-state index in [-0.39, 0.29) is 11.2 Å². The van der Waals surface area contributed by atoms with Gasteiger partial charge in [0.05, 0.1) is 16.9 Å². The molecule has 2 N–H and O–H groups in total. The summed E-state index contributed by atoms with van der Waals surface area (Å²) in [6, 6.07) is 0. The van der Waals surface area contributed by atoms with Crippen LogP contribution in [-0.4, -0.2) is 29.3 Å². The van der Waals surface area contributed by atoms with E-state index in [1.807, 2.05) is 0 Å². The predicted molar refractivity (Wildman–Crippen MR) is 85.6 cm³/mol. The van der Waals surface area contributed by atoms with Crippen molar-refractivity contribution in [2.75, 3.05) is 18.0 Å². The highest BCUT2D eigenvalue weighted by Crippen LogP contribution is 2.36. The van der Waals surface area contributed by atoms with E-state index >= 15 is 0 Å². The number of ether oxygens (including phenoxy) is 1. The Bertz CT molecular complexity index is 463. The standard InChI is InChI=1S/C15H27N3OS/c1-10(2)12-11(7-16)20-13(17-12)18-8-14(3,4)19-15(5,6)9-18/h10H,7-9,16H2,1-6H3. The molecule has 1 aromatic heterocycles. The Hall–Kier alpha value is -0.650. The van der Waals surface area contributed by atoms with Crippen LogP contribution in [0.15, 0.2) is 0 Å². The fraction of sp³-hybridized carbons (Fsp3) is 0.800. The Labute approximate surface area is 126 Å². The molecule has 0 saturated carbocycles. The second-order valence-corrected chi connectivity index (χ2v) is 8.20. The van der Waals surface area contributed by atoms with Gasteiger partial charge in [0.15, 0.2) is 5.13 Å². The van der Waals surface area contributed by atoms with Crippen LogP contribution >= 0.6 is 11.3 Å². The summed E-state index contributed by atoms with van der Waals surface area (Å²) in [6.45, 7) is 15.2. The van der Waals surface area contributed by atoms with E-state index in [0.717, 1.165) is 23.9 Å². The van der Waals surface area contributed by atoms with Crippen LogP contribution in [0, 0.1) is 0 Å². The van der Waals surface area contributed by atoms with Gasteiger partial charge in [0.1, 0.15) is 0 Å². The zero-order valence-corrected chi connectivity index (χ0v) is 14.3. The van der Waals surface area contributed by atoms with Gasteiger partial charge in [-0.15, -0.1) is 11.3 Å². The summed E-state index contributed by atoms with van der Waals surface area (Å²) in [5.74, 6) is 0.417. The molecule has 0 bridgehead atoms. The fourth-order valence-electron chi connectivity index (χ4n) is 3.01. The Morgan fingerprint density at radius 2 is 1.80 bits per heavy atom. The van der Waals surface area contributed by atoms with Gasteiger partial charge in [0, 0.05) is 24.5 Å². The van der Waals surface area contributed by atoms with Crippen LogP contribution in [-0.2, 0) is 11.3 Å². The molecule has 2 heterocycles. The molecule has 1 aromatic rings. The van der Waals surface area contributed by atoms with Crippen molar-refractivity contribution >= 4 is 16.5 Å². The van der Waals surface area contributed by atoms with Crippen LogP contribution < -0.4 is 10.6 Å². The number of hydrogen-bond donors (Lipinski definition) is 1. The molecule has 0 atom stereocenters. The van der Waals surface area contributed by atoms with Gasteiger partial charge in [0.25, 0.3) is 0 Å². The van der Waals surface area contributed by atoms with E-state index in [9.17, 15) is 0 Å². The molecule has 20 heavy (non-hydrogen) atoms. The van der Waals surface area contributed by atoms with Crippen molar-refractivity contribution in [2.45, 2.75) is 65.2 Å². The predicted octanol–water partition coefficient (Wildman–Crippen LogP) is 3.12. The topological polar surface area (TPSA) is 51.4 Å². The van der Waals surface area contributed by atoms with E-state index in [1.54, 1.807) is 11.3 Å². The minimum absolute atomic E-state index is 0.158. The maximum atomic E-state index is 6.13. The third-order valence-corrected chi connectivity index (χ3v) is 4.57. The molecule has 114 valence electrons. The number of hydrogen-bond acceptors (Lipinski definition) is 5. The summed E-state index contributed by atoms with van der Waals surface area (Å²) < 4.78 is 6.13. The molecule has 2 rings (SSSR count). The maximum Gasteiger partial charge on any atom is 0.186 e. The normalized spacial score (nSPS) is 21.5. The second-order valence-electron chi connectivity index (χ2n) is 7.14. The average molecular weight is 297 g/mol. The van der Waals surface area contributed by atoms with Crippen LogP contribution in [0.2, 0.25) is 0 Å². The third kappa shape index (κ3) is 3.32. The van der Waals surface area contributed by atoms with E-state index in [0.29, 0.717) is 12.5 Å². The summed E-state index contributed by atoms with van der Waals surface area (Å²) in [5, 5.41) is 1.08. The van der Waals surface area contributed by atoms with E-state index < -0.39 is 0 Å². The van der Waals surface area contributed by atoms with Crippen LogP contribution in [0.1, 0.15) is 58.0 Å². The van der Waals surface area contributed by atoms with E-state index in [4.69, 9.17) is 15.5 Å². The molecule has 0 aliphatic carbocycles. The second kappa shape index (κ2) is 5.28. The Morgan fingerprint density at radius 1 is 1.25 bits per heavy atom. The number of aromatic nitrogens is 1. The van der Waals surface area contributed by atoms with Gasteiger partial charge in [-0.1, -0.05) is 13.8 Å². The number of nitrogens with two attached hydrogens (primary N) is 1. The van der Waals surface area contributed by atoms with Gasteiger partial charge >= 0.3 is 0 Å². The van der Waals surface area contributed by atoms with Crippen molar-refractivity contribution in [1.82, 2.24) is 4.98 Å². The summed E-state index contributed by atoms with van der Waals surface area (Å²) in [6.07, 6.45) is 0. The van der Waals surface area contributed by atoms with E-state index in [2.05, 4.69) is 46.4 Å². The average Bonchev–Trinajstić information content (AvgIpc) is 2.68. The molecule has 0 aromatic carbocycles. The highest BCUT2D eigenvalue weighted by molar-refractivity contribution is 7.15. The molecule has 0 radical (unpaired) electrons. The lowest BCUT2D eigenvalue weighted by Crippen LogP contribution is -2.57. The molecule has 0 unspecified atom stereocenters. The Kier molecular flexibility index (Phi) is 4.15. The highest BCUT2D eigenvalue weighted by Gasteiger charge is 2.39. The first-order chi connectivity index (χ1) is 9.13. The van der Waals surface area contributed by atoms with Crippen LogP contribution in [0.5, 0.6) is 0 Å². The minimum Gasteiger partial charge on any atom is -0.366 e. The fourth-order valence-corrected chi connectivity index (χ4v) is 4.10. The minimum atomic E-state index is -0.158. The van der Waals surface area contributed by atoms with Gasteiger partial charge in [-0.25, -0.2) is 4.98 Å². The summed E-state index contributed by atoms with van der Waals surface area (Å²) >= 11 is 1.73. The zero-order chi connectivity index (χ0) is 15.1. The van der Waals surface area contributed by atoms with Crippen molar-refractivity contribution in [3.05, 3.63) is 10.6 Å². The monoisotopic (exact) mass is 297 g/mol. The first-order valence-corrected chi connectivity index (χ1v) is 8.10. The number of morpholine rings is 1. The van der Waals surface area contributed by atoms with Crippen molar-refractivity contribution in [3.8, 4) is 0 Å². The third-order valence-electron chi connectivity index (χ3n) is 3.41. The lowest BCUT2D eigenvalue weighted by atomic mass is 9.99. The molecular formula is C15H27N3OS. The van der Waals surface area contributed by atoms with Crippen molar-refractivity contribution < 1.29 is 4.74 Å². The van der Waals surface area contributed by atoms with Crippen molar-refractivity contribution in [2.24, 2.45) is 5.73 Å². The zero-order valence-electron chi connectivity index (χ0n) is 13.5. The molecule has 1 saturated heterocycles. The largest absolute Gasteiger partial charge is 0.366 e. The van der Waals surface area contributed by atoms with E-state index in [1.165, 1.54) is 4.88 Å². The summed E-state index contributed by atoms with van der Waals surface area (Å²) in [4.78, 5) is 8.40. The first kappa shape index (κ1) is 15.7. The van der Waals surface area contributed by atoms with Gasteiger partial charge in [0.2, 0.25) is 0 Å². The Morgan fingerprint density at radius 3 is 2.20 bits per heavy atom. The van der Waals surface area contributed by atoms with Crippen LogP contribution in [0.4, 0.5) is 5.13 Å². The number of anilines is 1. The molecule has 5 heteroatoms. The lowest BCUT2D eigenvalue weighted by molar-refractivity contribution is -0.133. The number of thiazole rings is 1. The first-order valence-electron chi connectivity index (χ1n) is 7.28. The molecule has 1 fully saturated rings. The number of nitrogens with zero attached hydrogens (tertiary/aromatic N) is 2. The molecule has 0 spiro atoms. The molecule has 0 amide bonds. The number of rotatable bonds is 3. The molecular weight excluding hydrogens is 270 g/mol. The van der Waals surface area contributed by atoms with Crippen LogP contribution in [0.25, 0.3) is 0 Å². The van der Waals surface area contributed by atoms with Crippen molar-refractivity contribution in [3.63, 3.8) is 0 Å². The summed E-state index contributed by atoms with van der Waals surface area (Å²) in [5.41, 5.74) is 6.70. The lowest BCUT2D eigenvalue weighted by Gasteiger charge is -2.47. The Balaban J connectivity index is 2.31.